The number of nitrogens with one attached hydrogen (secondary N) is 1. The van der Waals surface area contributed by atoms with Crippen molar-refractivity contribution in [3.05, 3.63) is 34.9 Å². The Hall–Kier alpha value is -0.820. The fourth-order valence-corrected chi connectivity index (χ4v) is 3.19. The monoisotopic (exact) mass is 245 g/mol. The Morgan fingerprint density at radius 1 is 1.33 bits per heavy atom. The molecule has 0 saturated heterocycles. The number of rotatable bonds is 4. The quantitative estimate of drug-likeness (QED) is 0.821. The minimum Gasteiger partial charge on any atom is -0.310 e. The lowest BCUT2D eigenvalue weighted by molar-refractivity contribution is 0.434. The van der Waals surface area contributed by atoms with Gasteiger partial charge in [-0.2, -0.15) is 0 Å². The van der Waals surface area contributed by atoms with Gasteiger partial charge in [-0.15, -0.1) is 0 Å². The van der Waals surface area contributed by atoms with Gasteiger partial charge in [-0.3, -0.25) is 0 Å². The number of benzene rings is 1. The van der Waals surface area contributed by atoms with E-state index in [-0.39, 0.29) is 0 Å². The first kappa shape index (κ1) is 13.6. The van der Waals surface area contributed by atoms with Gasteiger partial charge in [0.05, 0.1) is 0 Å². The van der Waals surface area contributed by atoms with E-state index in [1.165, 1.54) is 18.4 Å². The average molecular weight is 245 g/mol. The third kappa shape index (κ3) is 2.33. The van der Waals surface area contributed by atoms with E-state index in [1.54, 1.807) is 11.1 Å². The molecular formula is C17H27N. The lowest BCUT2D eigenvalue weighted by Crippen LogP contribution is -2.20. The molecule has 0 aliphatic heterocycles. The molecule has 0 aromatic heterocycles. The highest BCUT2D eigenvalue weighted by Gasteiger charge is 2.36. The molecular weight excluding hydrogens is 218 g/mol. The number of fused-ring (bicyclic) bond motifs is 1. The van der Waals surface area contributed by atoms with Crippen LogP contribution in [0.3, 0.4) is 0 Å². The van der Waals surface area contributed by atoms with Gasteiger partial charge in [0, 0.05) is 6.04 Å². The molecule has 1 N–H and O–H groups in total. The summed E-state index contributed by atoms with van der Waals surface area (Å²) in [5, 5.41) is 3.64. The maximum atomic E-state index is 3.64. The Kier molecular flexibility index (Phi) is 3.82. The van der Waals surface area contributed by atoms with Crippen LogP contribution in [-0.4, -0.2) is 6.54 Å². The van der Waals surface area contributed by atoms with Crippen molar-refractivity contribution in [1.82, 2.24) is 5.32 Å². The molecule has 1 aliphatic rings. The van der Waals surface area contributed by atoms with E-state index in [4.69, 9.17) is 0 Å². The zero-order valence-corrected chi connectivity index (χ0v) is 12.5. The van der Waals surface area contributed by atoms with Crippen molar-refractivity contribution in [2.75, 3.05) is 6.54 Å². The summed E-state index contributed by atoms with van der Waals surface area (Å²) in [6.07, 6.45) is 2.44. The fourth-order valence-electron chi connectivity index (χ4n) is 3.19. The molecule has 1 heteroatoms. The molecule has 1 aromatic carbocycles. The highest BCUT2D eigenvalue weighted by molar-refractivity contribution is 5.44. The Labute approximate surface area is 112 Å². The highest BCUT2D eigenvalue weighted by atomic mass is 14.9. The second kappa shape index (κ2) is 5.05. The van der Waals surface area contributed by atoms with Crippen LogP contribution in [0.5, 0.6) is 0 Å². The van der Waals surface area contributed by atoms with Crippen LogP contribution < -0.4 is 5.32 Å². The molecule has 0 saturated carbocycles. The van der Waals surface area contributed by atoms with E-state index in [0.29, 0.717) is 17.4 Å². The molecule has 0 fully saturated rings. The molecule has 2 atom stereocenters. The van der Waals surface area contributed by atoms with Gasteiger partial charge < -0.3 is 5.32 Å². The van der Waals surface area contributed by atoms with Crippen LogP contribution in [0.25, 0.3) is 0 Å². The minimum atomic E-state index is 0.316. The minimum absolute atomic E-state index is 0.316. The van der Waals surface area contributed by atoms with Crippen molar-refractivity contribution in [1.29, 1.82) is 0 Å². The topological polar surface area (TPSA) is 12.0 Å². The molecule has 100 valence electrons. The van der Waals surface area contributed by atoms with Crippen LogP contribution >= 0.6 is 0 Å². The van der Waals surface area contributed by atoms with E-state index in [2.05, 4.69) is 58.1 Å². The largest absolute Gasteiger partial charge is 0.310 e. The van der Waals surface area contributed by atoms with Gasteiger partial charge in [-0.25, -0.2) is 0 Å². The van der Waals surface area contributed by atoms with Crippen LogP contribution in [0.15, 0.2) is 18.2 Å². The van der Waals surface area contributed by atoms with Crippen molar-refractivity contribution in [3.8, 4) is 0 Å². The normalized spacial score (nSPS) is 22.8. The molecule has 1 aromatic rings. The van der Waals surface area contributed by atoms with Gasteiger partial charge in [-0.1, -0.05) is 52.8 Å². The Morgan fingerprint density at radius 3 is 2.67 bits per heavy atom. The van der Waals surface area contributed by atoms with E-state index >= 15 is 0 Å². The summed E-state index contributed by atoms with van der Waals surface area (Å²) < 4.78 is 0. The summed E-state index contributed by atoms with van der Waals surface area (Å²) in [5.74, 6) is 0.668. The van der Waals surface area contributed by atoms with Crippen LogP contribution in [0.2, 0.25) is 0 Å². The smallest absolute Gasteiger partial charge is 0.0331 e. The molecule has 1 nitrogen and oxygen atoms in total. The molecule has 0 radical (unpaired) electrons. The Bertz CT molecular complexity index is 420. The summed E-state index contributed by atoms with van der Waals surface area (Å²) in [6, 6.07) is 7.70. The zero-order valence-electron chi connectivity index (χ0n) is 12.5. The maximum absolute atomic E-state index is 3.64. The lowest BCUT2D eigenvalue weighted by Gasteiger charge is -2.19. The van der Waals surface area contributed by atoms with Gasteiger partial charge in [-0.05, 0) is 47.4 Å². The summed E-state index contributed by atoms with van der Waals surface area (Å²) >= 11 is 0. The first-order valence-electron chi connectivity index (χ1n) is 7.37. The van der Waals surface area contributed by atoms with Gasteiger partial charge in [0.2, 0.25) is 0 Å². The zero-order chi connectivity index (χ0) is 13.3. The van der Waals surface area contributed by atoms with Crippen LogP contribution in [0.1, 0.15) is 76.1 Å². The van der Waals surface area contributed by atoms with E-state index < -0.39 is 0 Å². The number of hydrogen-bond acceptors (Lipinski definition) is 1. The summed E-state index contributed by atoms with van der Waals surface area (Å²) in [6.45, 7) is 12.6. The van der Waals surface area contributed by atoms with Crippen molar-refractivity contribution in [2.24, 2.45) is 0 Å². The van der Waals surface area contributed by atoms with E-state index in [1.807, 2.05) is 0 Å². The van der Waals surface area contributed by atoms with Crippen molar-refractivity contribution >= 4 is 0 Å². The molecule has 2 rings (SSSR count). The Morgan fingerprint density at radius 2 is 2.06 bits per heavy atom. The van der Waals surface area contributed by atoms with E-state index in [9.17, 15) is 0 Å². The van der Waals surface area contributed by atoms with Gasteiger partial charge in [0.25, 0.3) is 0 Å². The predicted octanol–water partition coefficient (Wildman–Crippen LogP) is 4.53. The summed E-state index contributed by atoms with van der Waals surface area (Å²) in [4.78, 5) is 0. The summed E-state index contributed by atoms with van der Waals surface area (Å²) in [7, 11) is 0. The molecule has 0 amide bonds. The van der Waals surface area contributed by atoms with E-state index in [0.717, 1.165) is 6.54 Å². The third-order valence-corrected chi connectivity index (χ3v) is 4.53. The van der Waals surface area contributed by atoms with Crippen molar-refractivity contribution in [3.63, 3.8) is 0 Å². The SMILES string of the molecule is CCNC1CC(C)(C)c2ccc(C(C)CC)cc21. The first-order valence-corrected chi connectivity index (χ1v) is 7.37. The average Bonchev–Trinajstić information content (AvgIpc) is 2.60. The standard InChI is InChI=1S/C17H27N/c1-6-12(3)13-8-9-15-14(10-13)16(18-7-2)11-17(15,4)5/h8-10,12,16,18H,6-7,11H2,1-5H3. The fraction of sp³-hybridized carbons (Fsp3) is 0.647. The van der Waals surface area contributed by atoms with Gasteiger partial charge >= 0.3 is 0 Å². The highest BCUT2D eigenvalue weighted by Crippen LogP contribution is 2.45. The number of hydrogen-bond donors (Lipinski definition) is 1. The van der Waals surface area contributed by atoms with Crippen LogP contribution in [-0.2, 0) is 5.41 Å². The predicted molar refractivity (Wildman–Crippen MR) is 79.2 cm³/mol. The second-order valence-corrected chi connectivity index (χ2v) is 6.35. The summed E-state index contributed by atoms with van der Waals surface area (Å²) in [5.41, 5.74) is 4.90. The third-order valence-electron chi connectivity index (χ3n) is 4.53. The van der Waals surface area contributed by atoms with Gasteiger partial charge in [0.15, 0.2) is 0 Å². The second-order valence-electron chi connectivity index (χ2n) is 6.35. The molecule has 2 unspecified atom stereocenters. The molecule has 0 bridgehead atoms. The first-order chi connectivity index (χ1) is 8.49. The van der Waals surface area contributed by atoms with Crippen LogP contribution in [0.4, 0.5) is 0 Å². The maximum Gasteiger partial charge on any atom is 0.0331 e. The lowest BCUT2D eigenvalue weighted by atomic mass is 9.85. The van der Waals surface area contributed by atoms with Crippen LogP contribution in [0, 0.1) is 0 Å². The molecule has 1 aliphatic carbocycles. The van der Waals surface area contributed by atoms with Gasteiger partial charge in [0.1, 0.15) is 0 Å². The van der Waals surface area contributed by atoms with Crippen molar-refractivity contribution in [2.45, 2.75) is 64.8 Å². The molecule has 18 heavy (non-hydrogen) atoms. The molecule has 0 spiro atoms. The van der Waals surface area contributed by atoms with Crippen molar-refractivity contribution < 1.29 is 0 Å². The molecule has 0 heterocycles. The Balaban J connectivity index is 2.40.